The van der Waals surface area contributed by atoms with Crippen LogP contribution in [0.4, 0.5) is 5.69 Å². The summed E-state index contributed by atoms with van der Waals surface area (Å²) < 4.78 is 24.2. The lowest BCUT2D eigenvalue weighted by molar-refractivity contribution is -0.384. The molecule has 2 aromatic rings. The largest absolute Gasteiger partial charge is 0.507 e. The van der Waals surface area contributed by atoms with Gasteiger partial charge in [0, 0.05) is 6.07 Å². The van der Waals surface area contributed by atoms with E-state index in [1.54, 1.807) is 4.83 Å². The van der Waals surface area contributed by atoms with Crippen LogP contribution >= 0.6 is 11.6 Å². The second-order valence-corrected chi connectivity index (χ2v) is 6.54. The summed E-state index contributed by atoms with van der Waals surface area (Å²) in [6.07, 6.45) is 0. The minimum atomic E-state index is -4.28. The number of hydrogen-bond donors (Lipinski definition) is 3. The number of carbonyl (C=O) groups excluding carboxylic acids is 1. The van der Waals surface area contributed by atoms with Gasteiger partial charge in [-0.15, -0.1) is 4.83 Å². The molecule has 9 nitrogen and oxygen atoms in total. The van der Waals surface area contributed by atoms with Crippen LogP contribution in [0.2, 0.25) is 5.02 Å². The molecular formula is C13H10ClN3O6S. The molecule has 24 heavy (non-hydrogen) atoms. The highest BCUT2D eigenvalue weighted by Crippen LogP contribution is 2.26. The quantitative estimate of drug-likeness (QED) is 0.538. The summed E-state index contributed by atoms with van der Waals surface area (Å²) in [6, 6.07) is 8.37. The van der Waals surface area contributed by atoms with Crippen molar-refractivity contribution in [2.24, 2.45) is 0 Å². The normalized spacial score (nSPS) is 11.0. The molecule has 2 aromatic carbocycles. The number of benzene rings is 2. The van der Waals surface area contributed by atoms with Gasteiger partial charge in [0.05, 0.1) is 15.4 Å². The Morgan fingerprint density at radius 2 is 1.88 bits per heavy atom. The van der Waals surface area contributed by atoms with E-state index in [2.05, 4.69) is 0 Å². The lowest BCUT2D eigenvalue weighted by Gasteiger charge is -2.09. The first-order chi connectivity index (χ1) is 11.2. The van der Waals surface area contributed by atoms with Gasteiger partial charge in [-0.2, -0.15) is 0 Å². The van der Waals surface area contributed by atoms with E-state index in [0.717, 1.165) is 18.2 Å². The van der Waals surface area contributed by atoms with Crippen LogP contribution in [0.15, 0.2) is 47.4 Å². The molecule has 0 aliphatic carbocycles. The summed E-state index contributed by atoms with van der Waals surface area (Å²) in [5.41, 5.74) is 1.16. The smallest absolute Gasteiger partial charge is 0.289 e. The number of nitrogens with one attached hydrogen (secondary N) is 2. The first-order valence-corrected chi connectivity index (χ1v) is 8.12. The molecule has 0 fully saturated rings. The minimum Gasteiger partial charge on any atom is -0.507 e. The van der Waals surface area contributed by atoms with Crippen molar-refractivity contribution in [2.75, 3.05) is 0 Å². The number of aromatic hydroxyl groups is 1. The van der Waals surface area contributed by atoms with Crippen LogP contribution in [0.5, 0.6) is 5.75 Å². The van der Waals surface area contributed by atoms with Crippen molar-refractivity contribution in [1.82, 2.24) is 10.3 Å². The minimum absolute atomic E-state index is 0.151. The lowest BCUT2D eigenvalue weighted by atomic mass is 10.2. The molecule has 0 spiro atoms. The van der Waals surface area contributed by atoms with E-state index in [9.17, 15) is 28.4 Å². The molecule has 0 heterocycles. The molecule has 11 heteroatoms. The van der Waals surface area contributed by atoms with Gasteiger partial charge in [0.1, 0.15) is 10.8 Å². The first kappa shape index (κ1) is 17.7. The summed E-state index contributed by atoms with van der Waals surface area (Å²) in [6.45, 7) is 0. The molecule has 0 atom stereocenters. The monoisotopic (exact) mass is 371 g/mol. The molecule has 0 saturated heterocycles. The number of phenolic OH excluding ortho intramolecular Hbond substituents is 1. The summed E-state index contributed by atoms with van der Waals surface area (Å²) in [4.78, 5) is 23.1. The van der Waals surface area contributed by atoms with Crippen molar-refractivity contribution >= 4 is 33.2 Å². The van der Waals surface area contributed by atoms with Crippen LogP contribution in [0.25, 0.3) is 0 Å². The van der Waals surface area contributed by atoms with Crippen LogP contribution in [-0.4, -0.2) is 24.4 Å². The zero-order valence-corrected chi connectivity index (χ0v) is 13.3. The molecule has 0 saturated carbocycles. The van der Waals surface area contributed by atoms with E-state index in [0.29, 0.717) is 0 Å². The second kappa shape index (κ2) is 6.83. The van der Waals surface area contributed by atoms with Gasteiger partial charge in [0.25, 0.3) is 21.6 Å². The van der Waals surface area contributed by atoms with Gasteiger partial charge < -0.3 is 5.11 Å². The van der Waals surface area contributed by atoms with Gasteiger partial charge in [-0.05, 0) is 24.3 Å². The zero-order chi connectivity index (χ0) is 17.9. The Labute approximate surface area is 141 Å². The van der Waals surface area contributed by atoms with Crippen LogP contribution in [0, 0.1) is 10.1 Å². The van der Waals surface area contributed by atoms with Crippen molar-refractivity contribution in [2.45, 2.75) is 4.90 Å². The molecule has 126 valence electrons. The topological polar surface area (TPSA) is 139 Å². The number of nitro benzene ring substituents is 1. The Bertz CT molecular complexity index is 916. The molecule has 0 aromatic heterocycles. The van der Waals surface area contributed by atoms with Crippen molar-refractivity contribution < 1.29 is 23.2 Å². The third-order valence-corrected chi connectivity index (χ3v) is 4.44. The fourth-order valence-electron chi connectivity index (χ4n) is 1.70. The van der Waals surface area contributed by atoms with Crippen LogP contribution in [0.1, 0.15) is 10.4 Å². The molecule has 0 unspecified atom stereocenters. The number of carbonyl (C=O) groups is 1. The Balaban J connectivity index is 2.20. The van der Waals surface area contributed by atoms with Gasteiger partial charge in [0.15, 0.2) is 0 Å². The van der Waals surface area contributed by atoms with Gasteiger partial charge >= 0.3 is 0 Å². The number of nitro groups is 1. The fourth-order valence-corrected chi connectivity index (χ4v) is 2.75. The van der Waals surface area contributed by atoms with E-state index < -0.39 is 31.4 Å². The summed E-state index contributed by atoms with van der Waals surface area (Å²) >= 11 is 5.61. The third-order valence-electron chi connectivity index (χ3n) is 2.87. The maximum atomic E-state index is 12.1. The van der Waals surface area contributed by atoms with E-state index in [-0.39, 0.29) is 16.3 Å². The van der Waals surface area contributed by atoms with Crippen molar-refractivity contribution in [1.29, 1.82) is 0 Å². The summed E-state index contributed by atoms with van der Waals surface area (Å²) in [5, 5.41) is 20.1. The summed E-state index contributed by atoms with van der Waals surface area (Å²) in [5.74, 6) is -1.24. The maximum Gasteiger partial charge on any atom is 0.289 e. The zero-order valence-electron chi connectivity index (χ0n) is 11.8. The van der Waals surface area contributed by atoms with E-state index in [4.69, 9.17) is 11.6 Å². The van der Waals surface area contributed by atoms with Crippen molar-refractivity contribution in [3.8, 4) is 5.75 Å². The number of nitrogens with zero attached hydrogens (tertiary/aromatic N) is 1. The predicted molar refractivity (Wildman–Crippen MR) is 84.0 cm³/mol. The second-order valence-electron chi connectivity index (χ2n) is 4.45. The fraction of sp³-hybridized carbons (Fsp3) is 0. The first-order valence-electron chi connectivity index (χ1n) is 6.26. The summed E-state index contributed by atoms with van der Waals surface area (Å²) in [7, 11) is -4.28. The molecule has 1 amide bonds. The molecule has 0 aliphatic rings. The lowest BCUT2D eigenvalue weighted by Crippen LogP contribution is -2.41. The highest BCUT2D eigenvalue weighted by molar-refractivity contribution is 7.89. The number of hydrogen-bond acceptors (Lipinski definition) is 6. The van der Waals surface area contributed by atoms with Crippen LogP contribution < -0.4 is 10.3 Å². The molecule has 0 bridgehead atoms. The molecule has 3 N–H and O–H groups in total. The Morgan fingerprint density at radius 3 is 2.50 bits per heavy atom. The SMILES string of the molecule is O=C(NNS(=O)(=O)c1ccc(Cl)c([N+](=O)[O-])c1)c1ccccc1O. The molecular weight excluding hydrogens is 362 g/mol. The average molecular weight is 372 g/mol. The highest BCUT2D eigenvalue weighted by atomic mass is 35.5. The van der Waals surface area contributed by atoms with Crippen LogP contribution in [0.3, 0.4) is 0 Å². The number of sulfonamides is 1. The number of para-hydroxylation sites is 1. The van der Waals surface area contributed by atoms with E-state index in [1.807, 2.05) is 5.43 Å². The Kier molecular flexibility index (Phi) is 5.02. The van der Waals surface area contributed by atoms with Crippen molar-refractivity contribution in [3.63, 3.8) is 0 Å². The van der Waals surface area contributed by atoms with Gasteiger partial charge in [-0.1, -0.05) is 23.7 Å². The third kappa shape index (κ3) is 3.79. The average Bonchev–Trinajstić information content (AvgIpc) is 2.53. The van der Waals surface area contributed by atoms with Crippen LogP contribution in [-0.2, 0) is 10.0 Å². The predicted octanol–water partition coefficient (Wildman–Crippen LogP) is 1.58. The van der Waals surface area contributed by atoms with Crippen molar-refractivity contribution in [3.05, 3.63) is 63.2 Å². The standard InChI is InChI=1S/C13H10ClN3O6S/c14-10-6-5-8(7-11(10)17(20)21)24(22,23)16-15-13(19)9-3-1-2-4-12(9)18/h1-7,16,18H,(H,15,19). The number of phenols is 1. The van der Waals surface area contributed by atoms with Gasteiger partial charge in [-0.3, -0.25) is 20.3 Å². The molecule has 0 radical (unpaired) electrons. The number of halogens is 1. The number of hydrazine groups is 1. The number of amides is 1. The van der Waals surface area contributed by atoms with E-state index in [1.165, 1.54) is 24.3 Å². The number of rotatable bonds is 5. The highest BCUT2D eigenvalue weighted by Gasteiger charge is 2.21. The molecule has 0 aliphatic heterocycles. The molecule has 2 rings (SSSR count). The Morgan fingerprint density at radius 1 is 1.21 bits per heavy atom. The Hall–Kier alpha value is -2.69. The van der Waals surface area contributed by atoms with Gasteiger partial charge in [-0.25, -0.2) is 8.42 Å². The van der Waals surface area contributed by atoms with Gasteiger partial charge in [0.2, 0.25) is 0 Å². The maximum absolute atomic E-state index is 12.1. The van der Waals surface area contributed by atoms with E-state index >= 15 is 0 Å².